The zero-order chi connectivity index (χ0) is 13.0. The van der Waals surface area contributed by atoms with Crippen LogP contribution in [0.3, 0.4) is 0 Å². The van der Waals surface area contributed by atoms with Gasteiger partial charge in [-0.1, -0.05) is 13.8 Å². The second-order valence-electron chi connectivity index (χ2n) is 6.35. The molecule has 0 spiro atoms. The summed E-state index contributed by atoms with van der Waals surface area (Å²) in [6, 6.07) is 0. The van der Waals surface area contributed by atoms with Crippen LogP contribution in [0.5, 0.6) is 0 Å². The van der Waals surface area contributed by atoms with Gasteiger partial charge in [-0.2, -0.15) is 0 Å². The summed E-state index contributed by atoms with van der Waals surface area (Å²) in [7, 11) is 0. The Labute approximate surface area is 123 Å². The number of hydrogen-bond acceptors (Lipinski definition) is 2. The van der Waals surface area contributed by atoms with Gasteiger partial charge in [0.05, 0.1) is 0 Å². The Balaban J connectivity index is 0.00000180. The van der Waals surface area contributed by atoms with Crippen LogP contribution in [0.4, 0.5) is 0 Å². The molecule has 2 unspecified atom stereocenters. The maximum atomic E-state index is 12.3. The van der Waals surface area contributed by atoms with Crippen molar-refractivity contribution in [3.8, 4) is 0 Å². The van der Waals surface area contributed by atoms with Crippen molar-refractivity contribution in [2.24, 2.45) is 17.8 Å². The van der Waals surface area contributed by atoms with Gasteiger partial charge in [0.15, 0.2) is 0 Å². The smallest absolute Gasteiger partial charge is 0.222 e. The Morgan fingerprint density at radius 3 is 2.58 bits per heavy atom. The van der Waals surface area contributed by atoms with Gasteiger partial charge in [-0.15, -0.1) is 12.4 Å². The van der Waals surface area contributed by atoms with E-state index in [9.17, 15) is 4.79 Å². The summed E-state index contributed by atoms with van der Waals surface area (Å²) in [6.45, 7) is 8.76. The fourth-order valence-electron chi connectivity index (χ4n) is 3.19. The van der Waals surface area contributed by atoms with E-state index in [1.807, 2.05) is 0 Å². The number of piperidine rings is 2. The lowest BCUT2D eigenvalue weighted by Crippen LogP contribution is -2.40. The molecule has 2 atom stereocenters. The van der Waals surface area contributed by atoms with Crippen LogP contribution >= 0.6 is 12.4 Å². The van der Waals surface area contributed by atoms with Crippen molar-refractivity contribution in [1.82, 2.24) is 10.2 Å². The van der Waals surface area contributed by atoms with Gasteiger partial charge in [0.2, 0.25) is 5.91 Å². The van der Waals surface area contributed by atoms with Crippen LogP contribution in [0, 0.1) is 17.8 Å². The van der Waals surface area contributed by atoms with Crippen LogP contribution in [0.2, 0.25) is 0 Å². The van der Waals surface area contributed by atoms with Crippen LogP contribution in [-0.2, 0) is 4.79 Å². The average Bonchev–Trinajstić information content (AvgIpc) is 2.40. The third-order valence-electron chi connectivity index (χ3n) is 4.77. The number of rotatable bonds is 3. The zero-order valence-electron chi connectivity index (χ0n) is 12.4. The second kappa shape index (κ2) is 8.11. The maximum absolute atomic E-state index is 12.3. The average molecular weight is 289 g/mol. The molecule has 2 saturated heterocycles. The van der Waals surface area contributed by atoms with Gasteiger partial charge in [-0.25, -0.2) is 0 Å². The lowest BCUT2D eigenvalue weighted by atomic mass is 9.85. The first-order chi connectivity index (χ1) is 8.66. The molecule has 0 aromatic heterocycles. The highest BCUT2D eigenvalue weighted by molar-refractivity contribution is 5.85. The Morgan fingerprint density at radius 2 is 2.00 bits per heavy atom. The monoisotopic (exact) mass is 288 g/mol. The van der Waals surface area contributed by atoms with Crippen LogP contribution in [0.1, 0.15) is 46.0 Å². The molecule has 0 bridgehead atoms. The lowest BCUT2D eigenvalue weighted by Gasteiger charge is -2.33. The molecule has 0 aliphatic carbocycles. The molecule has 3 nitrogen and oxygen atoms in total. The highest BCUT2D eigenvalue weighted by Crippen LogP contribution is 2.24. The minimum Gasteiger partial charge on any atom is -0.343 e. The molecular formula is C15H29ClN2O. The van der Waals surface area contributed by atoms with Gasteiger partial charge in [0, 0.05) is 19.5 Å². The number of halogens is 1. The van der Waals surface area contributed by atoms with Crippen LogP contribution in [0.25, 0.3) is 0 Å². The molecule has 2 aliphatic heterocycles. The van der Waals surface area contributed by atoms with Crippen LogP contribution in [0.15, 0.2) is 0 Å². The summed E-state index contributed by atoms with van der Waals surface area (Å²) < 4.78 is 0. The quantitative estimate of drug-likeness (QED) is 0.866. The summed E-state index contributed by atoms with van der Waals surface area (Å²) in [5.41, 5.74) is 0. The van der Waals surface area contributed by atoms with Crippen molar-refractivity contribution in [2.45, 2.75) is 46.0 Å². The predicted octanol–water partition coefficient (Wildman–Crippen LogP) is 2.69. The number of nitrogens with one attached hydrogen (secondary N) is 1. The summed E-state index contributed by atoms with van der Waals surface area (Å²) in [5.74, 6) is 2.42. The molecule has 1 amide bonds. The zero-order valence-corrected chi connectivity index (χ0v) is 13.2. The topological polar surface area (TPSA) is 32.3 Å². The highest BCUT2D eigenvalue weighted by Gasteiger charge is 2.25. The van der Waals surface area contributed by atoms with E-state index in [4.69, 9.17) is 0 Å². The third-order valence-corrected chi connectivity index (χ3v) is 4.77. The van der Waals surface area contributed by atoms with E-state index in [-0.39, 0.29) is 12.4 Å². The van der Waals surface area contributed by atoms with Crippen molar-refractivity contribution < 1.29 is 4.79 Å². The van der Waals surface area contributed by atoms with Crippen molar-refractivity contribution in [3.05, 3.63) is 0 Å². The summed E-state index contributed by atoms with van der Waals surface area (Å²) in [6.07, 6.45) is 5.68. The van der Waals surface area contributed by atoms with Gasteiger partial charge in [0.25, 0.3) is 0 Å². The molecule has 4 heteroatoms. The molecule has 1 N–H and O–H groups in total. The van der Waals surface area contributed by atoms with Crippen molar-refractivity contribution in [2.75, 3.05) is 26.2 Å². The Morgan fingerprint density at radius 1 is 1.32 bits per heavy atom. The molecule has 0 saturated carbocycles. The van der Waals surface area contributed by atoms with E-state index in [0.29, 0.717) is 17.7 Å². The van der Waals surface area contributed by atoms with Crippen LogP contribution in [-0.4, -0.2) is 37.0 Å². The molecule has 19 heavy (non-hydrogen) atoms. The summed E-state index contributed by atoms with van der Waals surface area (Å²) in [4.78, 5) is 14.4. The first-order valence-electron chi connectivity index (χ1n) is 7.65. The normalized spacial score (nSPS) is 26.6. The highest BCUT2D eigenvalue weighted by atomic mass is 35.5. The number of hydrogen-bond donors (Lipinski definition) is 1. The fraction of sp³-hybridized carbons (Fsp3) is 0.933. The van der Waals surface area contributed by atoms with E-state index in [1.165, 1.54) is 25.7 Å². The summed E-state index contributed by atoms with van der Waals surface area (Å²) in [5, 5.41) is 3.45. The van der Waals surface area contributed by atoms with E-state index in [2.05, 4.69) is 24.1 Å². The molecule has 0 aromatic rings. The number of amides is 1. The Kier molecular flexibility index (Phi) is 7.16. The van der Waals surface area contributed by atoms with E-state index >= 15 is 0 Å². The molecule has 2 heterocycles. The van der Waals surface area contributed by atoms with Gasteiger partial charge in [0.1, 0.15) is 0 Å². The van der Waals surface area contributed by atoms with Gasteiger partial charge < -0.3 is 10.2 Å². The third kappa shape index (κ3) is 4.96. The maximum Gasteiger partial charge on any atom is 0.222 e. The predicted molar refractivity (Wildman–Crippen MR) is 81.6 cm³/mol. The molecule has 112 valence electrons. The summed E-state index contributed by atoms with van der Waals surface area (Å²) >= 11 is 0. The van der Waals surface area contributed by atoms with Crippen molar-refractivity contribution in [3.63, 3.8) is 0 Å². The van der Waals surface area contributed by atoms with Gasteiger partial charge in [-0.3, -0.25) is 4.79 Å². The van der Waals surface area contributed by atoms with E-state index < -0.39 is 0 Å². The largest absolute Gasteiger partial charge is 0.343 e. The molecule has 2 aliphatic rings. The van der Waals surface area contributed by atoms with Gasteiger partial charge in [-0.05, 0) is 56.5 Å². The van der Waals surface area contributed by atoms with E-state index in [0.717, 1.165) is 38.5 Å². The van der Waals surface area contributed by atoms with E-state index in [1.54, 1.807) is 0 Å². The van der Waals surface area contributed by atoms with Crippen LogP contribution < -0.4 is 5.32 Å². The van der Waals surface area contributed by atoms with Crippen molar-refractivity contribution >= 4 is 18.3 Å². The standard InChI is InChI=1S/C15H28N2O.ClH/c1-12-5-8-17(9-6-12)15(18)10-13(2)14-4-3-7-16-11-14;/h12-14,16H,3-11H2,1-2H3;1H. The first kappa shape index (κ1) is 16.8. The lowest BCUT2D eigenvalue weighted by molar-refractivity contribution is -0.133. The first-order valence-corrected chi connectivity index (χ1v) is 7.65. The number of likely N-dealkylation sites (tertiary alicyclic amines) is 1. The van der Waals surface area contributed by atoms with Gasteiger partial charge >= 0.3 is 0 Å². The number of carbonyl (C=O) groups excluding carboxylic acids is 1. The molecular weight excluding hydrogens is 260 g/mol. The Hall–Kier alpha value is -0.280. The molecule has 0 aromatic carbocycles. The molecule has 0 radical (unpaired) electrons. The second-order valence-corrected chi connectivity index (χ2v) is 6.35. The minimum absolute atomic E-state index is 0. The fourth-order valence-corrected chi connectivity index (χ4v) is 3.19. The molecule has 2 rings (SSSR count). The van der Waals surface area contributed by atoms with Crippen molar-refractivity contribution in [1.29, 1.82) is 0 Å². The SMILES string of the molecule is CC1CCN(C(=O)CC(C)C2CCCNC2)CC1.Cl. The molecule has 2 fully saturated rings. The Bertz CT molecular complexity index is 271. The number of nitrogens with zero attached hydrogens (tertiary/aromatic N) is 1. The number of carbonyl (C=O) groups is 1. The minimum atomic E-state index is 0.